The molecule has 1 heterocycles. The number of fused-ring (bicyclic) bond motifs is 1. The summed E-state index contributed by atoms with van der Waals surface area (Å²) >= 11 is 0. The first-order chi connectivity index (χ1) is 20.2. The van der Waals surface area contributed by atoms with Gasteiger partial charge in [-0.2, -0.15) is 0 Å². The zero-order valence-electron chi connectivity index (χ0n) is 26.2. The highest BCUT2D eigenvalue weighted by Crippen LogP contribution is 2.30. The Balaban J connectivity index is 1.94. The van der Waals surface area contributed by atoms with Crippen LogP contribution in [0.25, 0.3) is 0 Å². The van der Waals surface area contributed by atoms with E-state index in [0.717, 1.165) is 16.8 Å². The molecule has 11 heteroatoms. The molecule has 2 aromatic rings. The summed E-state index contributed by atoms with van der Waals surface area (Å²) in [6.45, 7) is 9.48. The zero-order chi connectivity index (χ0) is 31.9. The molecule has 0 fully saturated rings. The van der Waals surface area contributed by atoms with E-state index in [1.807, 2.05) is 83.9 Å². The summed E-state index contributed by atoms with van der Waals surface area (Å²) in [7, 11) is 3.87. The molecule has 0 aliphatic carbocycles. The lowest BCUT2D eigenvalue weighted by Gasteiger charge is -2.39. The van der Waals surface area contributed by atoms with Gasteiger partial charge in [-0.05, 0) is 58.9 Å². The summed E-state index contributed by atoms with van der Waals surface area (Å²) in [5.74, 6) is -1.38. The molecule has 4 N–H and O–H groups in total. The van der Waals surface area contributed by atoms with E-state index in [1.54, 1.807) is 12.1 Å². The van der Waals surface area contributed by atoms with Gasteiger partial charge in [-0.1, -0.05) is 47.1 Å². The van der Waals surface area contributed by atoms with Crippen molar-refractivity contribution in [1.29, 1.82) is 0 Å². The Kier molecular flexibility index (Phi) is 11.2. The van der Waals surface area contributed by atoms with E-state index in [2.05, 4.69) is 10.6 Å². The molecule has 3 atom stereocenters. The Labute approximate surface area is 253 Å². The standard InChI is InChI=1S/C32H45N5O6/c1-8-20(2)29(34-27(38)17-32(3,4)5)31(41)37-18-22-15-25(43-19-28(39)35-42)14-9-21(22)16-26(37)30(40)33-23-10-12-24(13-11-23)36(6)7/h9-15,20,26,29,42H,8,16-19H2,1-7H3,(H,33,40)(H,34,38)(H,35,39)/t20-,26-,29-/m0/s1. The topological polar surface area (TPSA) is 140 Å². The van der Waals surface area contributed by atoms with Gasteiger partial charge in [0.1, 0.15) is 17.8 Å². The highest BCUT2D eigenvalue weighted by atomic mass is 16.5. The first-order valence-electron chi connectivity index (χ1n) is 14.6. The second-order valence-corrected chi connectivity index (χ2v) is 12.5. The van der Waals surface area contributed by atoms with E-state index in [4.69, 9.17) is 9.94 Å². The van der Waals surface area contributed by atoms with Crippen molar-refractivity contribution in [3.05, 3.63) is 53.6 Å². The fourth-order valence-electron chi connectivity index (χ4n) is 4.93. The highest BCUT2D eigenvalue weighted by Gasteiger charge is 2.40. The first-order valence-corrected chi connectivity index (χ1v) is 14.6. The number of hydrogen-bond acceptors (Lipinski definition) is 7. The molecule has 1 aliphatic rings. The quantitative estimate of drug-likeness (QED) is 0.230. The fraction of sp³-hybridized carbons (Fsp3) is 0.500. The molecule has 0 unspecified atom stereocenters. The minimum atomic E-state index is -0.827. The molecule has 1 aliphatic heterocycles. The maximum Gasteiger partial charge on any atom is 0.281 e. The van der Waals surface area contributed by atoms with Crippen molar-refractivity contribution < 1.29 is 29.1 Å². The molecule has 43 heavy (non-hydrogen) atoms. The maximum atomic E-state index is 14.2. The lowest BCUT2D eigenvalue weighted by molar-refractivity contribution is -0.144. The van der Waals surface area contributed by atoms with E-state index in [0.29, 0.717) is 17.9 Å². The van der Waals surface area contributed by atoms with Gasteiger partial charge in [0.2, 0.25) is 17.7 Å². The lowest BCUT2D eigenvalue weighted by Crippen LogP contribution is -2.58. The number of rotatable bonds is 11. The van der Waals surface area contributed by atoms with E-state index in [1.165, 1.54) is 10.4 Å². The number of carbonyl (C=O) groups excluding carboxylic acids is 4. The van der Waals surface area contributed by atoms with Gasteiger partial charge in [0.05, 0.1) is 0 Å². The molecule has 2 aromatic carbocycles. The molecule has 234 valence electrons. The van der Waals surface area contributed by atoms with Gasteiger partial charge < -0.3 is 25.2 Å². The molecular formula is C32H45N5O6. The Hall–Kier alpha value is -4.12. The Morgan fingerprint density at radius 3 is 2.30 bits per heavy atom. The summed E-state index contributed by atoms with van der Waals surface area (Å²) in [5, 5.41) is 14.7. The van der Waals surface area contributed by atoms with Crippen molar-refractivity contribution in [1.82, 2.24) is 15.7 Å². The second-order valence-electron chi connectivity index (χ2n) is 12.5. The summed E-state index contributed by atoms with van der Waals surface area (Å²) in [6.07, 6.45) is 1.16. The minimum absolute atomic E-state index is 0.108. The second kappa shape index (κ2) is 14.4. The van der Waals surface area contributed by atoms with Crippen molar-refractivity contribution in [2.24, 2.45) is 11.3 Å². The van der Waals surface area contributed by atoms with Crippen LogP contribution in [-0.2, 0) is 32.1 Å². The third-order valence-electron chi connectivity index (χ3n) is 7.53. The molecule has 11 nitrogen and oxygen atoms in total. The summed E-state index contributed by atoms with van der Waals surface area (Å²) in [5.41, 5.74) is 4.49. The van der Waals surface area contributed by atoms with Gasteiger partial charge in [-0.3, -0.25) is 24.4 Å². The maximum absolute atomic E-state index is 14.2. The molecule has 0 saturated heterocycles. The van der Waals surface area contributed by atoms with Crippen LogP contribution < -0.4 is 25.8 Å². The number of nitrogens with one attached hydrogen (secondary N) is 3. The third-order valence-corrected chi connectivity index (χ3v) is 7.53. The van der Waals surface area contributed by atoms with Gasteiger partial charge >= 0.3 is 0 Å². The van der Waals surface area contributed by atoms with Gasteiger partial charge in [0.15, 0.2) is 6.61 Å². The van der Waals surface area contributed by atoms with Crippen LogP contribution in [0.3, 0.4) is 0 Å². The third kappa shape index (κ3) is 9.18. The van der Waals surface area contributed by atoms with Crippen LogP contribution in [0.5, 0.6) is 5.75 Å². The molecule has 0 bridgehead atoms. The Morgan fingerprint density at radius 1 is 1.05 bits per heavy atom. The molecule has 0 spiro atoms. The van der Waals surface area contributed by atoms with Crippen LogP contribution in [-0.4, -0.2) is 66.5 Å². The lowest BCUT2D eigenvalue weighted by atomic mass is 9.89. The van der Waals surface area contributed by atoms with E-state index >= 15 is 0 Å². The Bertz CT molecular complexity index is 1300. The minimum Gasteiger partial charge on any atom is -0.484 e. The molecule has 0 aromatic heterocycles. The monoisotopic (exact) mass is 595 g/mol. The van der Waals surface area contributed by atoms with E-state index in [-0.39, 0.29) is 55.0 Å². The number of hydroxylamine groups is 1. The number of benzene rings is 2. The molecular weight excluding hydrogens is 550 g/mol. The summed E-state index contributed by atoms with van der Waals surface area (Å²) in [6, 6.07) is 11.0. The average molecular weight is 596 g/mol. The predicted octanol–water partition coefficient (Wildman–Crippen LogP) is 3.50. The van der Waals surface area contributed by atoms with Gasteiger partial charge in [0, 0.05) is 44.9 Å². The number of ether oxygens (including phenoxy) is 1. The molecule has 4 amide bonds. The number of anilines is 2. The summed E-state index contributed by atoms with van der Waals surface area (Å²) < 4.78 is 5.49. The average Bonchev–Trinajstić information content (AvgIpc) is 2.96. The van der Waals surface area contributed by atoms with Gasteiger partial charge in [-0.25, -0.2) is 5.48 Å². The first kappa shape index (κ1) is 33.4. The van der Waals surface area contributed by atoms with E-state index in [9.17, 15) is 19.2 Å². The zero-order valence-corrected chi connectivity index (χ0v) is 26.2. The molecule has 0 saturated carbocycles. The number of nitrogens with zero attached hydrogens (tertiary/aromatic N) is 2. The van der Waals surface area contributed by atoms with Crippen LogP contribution >= 0.6 is 0 Å². The van der Waals surface area contributed by atoms with Gasteiger partial charge in [0.25, 0.3) is 5.91 Å². The van der Waals surface area contributed by atoms with Crippen molar-refractivity contribution in [3.63, 3.8) is 0 Å². The predicted molar refractivity (Wildman–Crippen MR) is 165 cm³/mol. The molecule has 3 rings (SSSR count). The number of hydrogen-bond donors (Lipinski definition) is 4. The van der Waals surface area contributed by atoms with Crippen molar-refractivity contribution >= 4 is 35.0 Å². The van der Waals surface area contributed by atoms with Crippen LogP contribution in [0, 0.1) is 11.3 Å². The Morgan fingerprint density at radius 2 is 1.72 bits per heavy atom. The van der Waals surface area contributed by atoms with Crippen LogP contribution in [0.1, 0.15) is 58.6 Å². The fourth-order valence-corrected chi connectivity index (χ4v) is 4.93. The number of amides is 4. The van der Waals surface area contributed by atoms with Crippen molar-refractivity contribution in [2.75, 3.05) is 30.9 Å². The molecule has 0 radical (unpaired) electrons. The largest absolute Gasteiger partial charge is 0.484 e. The van der Waals surface area contributed by atoms with Crippen LogP contribution in [0.4, 0.5) is 11.4 Å². The van der Waals surface area contributed by atoms with Gasteiger partial charge in [-0.15, -0.1) is 0 Å². The van der Waals surface area contributed by atoms with Crippen LogP contribution in [0.2, 0.25) is 0 Å². The SMILES string of the molecule is CC[C@H](C)[C@H](NC(=O)CC(C)(C)C)C(=O)N1Cc2cc(OCC(=O)NO)ccc2C[C@H]1C(=O)Nc1ccc(N(C)C)cc1. The van der Waals surface area contributed by atoms with Crippen LogP contribution in [0.15, 0.2) is 42.5 Å². The number of carbonyl (C=O) groups is 4. The summed E-state index contributed by atoms with van der Waals surface area (Å²) in [4.78, 5) is 55.9. The smallest absolute Gasteiger partial charge is 0.281 e. The normalized spacial score (nSPS) is 15.9. The van der Waals surface area contributed by atoms with E-state index < -0.39 is 18.0 Å². The van der Waals surface area contributed by atoms with Crippen molar-refractivity contribution in [3.8, 4) is 5.75 Å². The van der Waals surface area contributed by atoms with Crippen molar-refractivity contribution in [2.45, 2.75) is 72.5 Å². The highest BCUT2D eigenvalue weighted by molar-refractivity contribution is 5.99.